The van der Waals surface area contributed by atoms with Crippen LogP contribution >= 0.6 is 15.9 Å². The number of rotatable bonds is 5. The summed E-state index contributed by atoms with van der Waals surface area (Å²) in [4.78, 5) is 15.1. The third-order valence-corrected chi connectivity index (χ3v) is 4.33. The number of benzene rings is 1. The van der Waals surface area contributed by atoms with E-state index in [2.05, 4.69) is 25.7 Å². The highest BCUT2D eigenvalue weighted by Crippen LogP contribution is 2.38. The quantitative estimate of drug-likeness (QED) is 0.689. The molecule has 25 heavy (non-hydrogen) atoms. The lowest BCUT2D eigenvalue weighted by Crippen LogP contribution is -2.18. The fourth-order valence-electron chi connectivity index (χ4n) is 2.53. The molecule has 2 rings (SSSR count). The Bertz CT molecular complexity index is 819. The maximum atomic E-state index is 14.2. The van der Waals surface area contributed by atoms with Gasteiger partial charge in [0.2, 0.25) is 0 Å². The van der Waals surface area contributed by atoms with Crippen LogP contribution in [0.1, 0.15) is 29.4 Å². The van der Waals surface area contributed by atoms with Gasteiger partial charge in [0.15, 0.2) is 0 Å². The predicted molar refractivity (Wildman–Crippen MR) is 86.0 cm³/mol. The zero-order valence-electron chi connectivity index (χ0n) is 13.0. The number of halogens is 4. The molecule has 0 aliphatic rings. The second-order valence-electron chi connectivity index (χ2n) is 5.18. The summed E-state index contributed by atoms with van der Waals surface area (Å²) in [5, 5.41) is 9.57. The van der Waals surface area contributed by atoms with Gasteiger partial charge in [-0.05, 0) is 33.6 Å². The first-order chi connectivity index (χ1) is 11.9. The molecule has 4 nitrogen and oxygen atoms in total. The van der Waals surface area contributed by atoms with Crippen LogP contribution in [0, 0.1) is 28.8 Å². The summed E-state index contributed by atoms with van der Waals surface area (Å²) in [5.74, 6) is -5.51. The van der Waals surface area contributed by atoms with Crippen molar-refractivity contribution in [1.82, 2.24) is 4.98 Å². The van der Waals surface area contributed by atoms with E-state index in [1.807, 2.05) is 6.07 Å². The van der Waals surface area contributed by atoms with Gasteiger partial charge in [0.25, 0.3) is 0 Å². The van der Waals surface area contributed by atoms with Crippen LogP contribution in [-0.4, -0.2) is 18.1 Å². The first kappa shape index (κ1) is 18.9. The van der Waals surface area contributed by atoms with Crippen molar-refractivity contribution in [3.63, 3.8) is 0 Å². The molecule has 0 N–H and O–H groups in total. The van der Waals surface area contributed by atoms with Crippen molar-refractivity contribution in [2.75, 3.05) is 7.11 Å². The molecule has 1 heterocycles. The molecule has 0 saturated heterocycles. The molecule has 0 bridgehead atoms. The van der Waals surface area contributed by atoms with Crippen LogP contribution in [0.3, 0.4) is 0 Å². The van der Waals surface area contributed by atoms with Gasteiger partial charge < -0.3 is 4.74 Å². The van der Waals surface area contributed by atoms with E-state index in [1.54, 1.807) is 0 Å². The molecule has 0 spiro atoms. The van der Waals surface area contributed by atoms with Gasteiger partial charge >= 0.3 is 5.97 Å². The Kier molecular flexibility index (Phi) is 6.15. The smallest absolute Gasteiger partial charge is 0.306 e. The van der Waals surface area contributed by atoms with Crippen molar-refractivity contribution in [1.29, 1.82) is 5.26 Å². The zero-order chi connectivity index (χ0) is 18.6. The summed E-state index contributed by atoms with van der Waals surface area (Å²) in [6.45, 7) is 0. The number of aromatic nitrogens is 1. The number of nitrogens with zero attached hydrogens (tertiary/aromatic N) is 2. The molecule has 2 aromatic rings. The molecule has 2 atom stereocenters. The van der Waals surface area contributed by atoms with Crippen molar-refractivity contribution in [3.05, 3.63) is 63.6 Å². The highest BCUT2D eigenvalue weighted by Gasteiger charge is 2.32. The van der Waals surface area contributed by atoms with Gasteiger partial charge in [-0.25, -0.2) is 13.2 Å². The highest BCUT2D eigenvalue weighted by molar-refractivity contribution is 9.10. The summed E-state index contributed by atoms with van der Waals surface area (Å²) in [6, 6.07) is 5.73. The van der Waals surface area contributed by atoms with Gasteiger partial charge in [0, 0.05) is 11.5 Å². The largest absolute Gasteiger partial charge is 0.469 e. The molecule has 0 amide bonds. The van der Waals surface area contributed by atoms with Crippen molar-refractivity contribution in [2.45, 2.75) is 18.3 Å². The fraction of sp³-hybridized carbons (Fsp3) is 0.235. The standard InChI is InChI=1S/C17H12BrF3N2O2/c1-25-16(24)5-10(17-14(20)7-23-8-15(17)21)11(6-22)9-2-3-13(19)12(18)4-9/h2-4,7-8,10-11H,5H2,1H3. The third kappa shape index (κ3) is 4.17. The summed E-state index contributed by atoms with van der Waals surface area (Å²) < 4.78 is 46.5. The Morgan fingerprint density at radius 1 is 1.28 bits per heavy atom. The van der Waals surface area contributed by atoms with Crippen LogP contribution < -0.4 is 0 Å². The van der Waals surface area contributed by atoms with Crippen LogP contribution in [0.25, 0.3) is 0 Å². The SMILES string of the molecule is COC(=O)CC(c1c(F)cncc1F)C(C#N)c1ccc(F)c(Br)c1. The van der Waals surface area contributed by atoms with Crippen LogP contribution in [0.2, 0.25) is 0 Å². The van der Waals surface area contributed by atoms with E-state index in [0.717, 1.165) is 25.6 Å². The molecule has 0 fully saturated rings. The van der Waals surface area contributed by atoms with Crippen molar-refractivity contribution in [2.24, 2.45) is 0 Å². The van der Waals surface area contributed by atoms with Gasteiger partial charge in [0.1, 0.15) is 17.5 Å². The van der Waals surface area contributed by atoms with E-state index in [-0.39, 0.29) is 4.47 Å². The minimum Gasteiger partial charge on any atom is -0.469 e. The predicted octanol–water partition coefficient (Wildman–Crippen LogP) is 4.22. The van der Waals surface area contributed by atoms with Gasteiger partial charge in [-0.3, -0.25) is 9.78 Å². The molecule has 1 aromatic heterocycles. The van der Waals surface area contributed by atoms with E-state index in [0.29, 0.717) is 5.56 Å². The number of hydrogen-bond donors (Lipinski definition) is 0. The molecule has 2 unspecified atom stereocenters. The third-order valence-electron chi connectivity index (χ3n) is 3.72. The van der Waals surface area contributed by atoms with Gasteiger partial charge in [-0.1, -0.05) is 6.07 Å². The van der Waals surface area contributed by atoms with Crippen LogP contribution in [0.4, 0.5) is 13.2 Å². The lowest BCUT2D eigenvalue weighted by atomic mass is 9.80. The molecule has 0 aliphatic heterocycles. The molecule has 0 aliphatic carbocycles. The van der Waals surface area contributed by atoms with E-state index < -0.39 is 47.2 Å². The summed E-state index contributed by atoms with van der Waals surface area (Å²) >= 11 is 3.01. The first-order valence-electron chi connectivity index (χ1n) is 7.09. The topological polar surface area (TPSA) is 63.0 Å². The molecular weight excluding hydrogens is 401 g/mol. The molecule has 0 saturated carbocycles. The Morgan fingerprint density at radius 2 is 1.92 bits per heavy atom. The number of pyridine rings is 1. The Balaban J connectivity index is 2.58. The summed E-state index contributed by atoms with van der Waals surface area (Å²) in [6.07, 6.45) is 1.18. The Labute approximate surface area is 150 Å². The molecule has 0 radical (unpaired) electrons. The minimum atomic E-state index is -1.17. The molecule has 130 valence electrons. The minimum absolute atomic E-state index is 0.0951. The van der Waals surface area contributed by atoms with E-state index in [4.69, 9.17) is 0 Å². The number of ether oxygens (including phenoxy) is 1. The summed E-state index contributed by atoms with van der Waals surface area (Å²) in [5.41, 5.74) is -0.132. The number of carbonyl (C=O) groups excluding carboxylic acids is 1. The Morgan fingerprint density at radius 3 is 2.44 bits per heavy atom. The first-order valence-corrected chi connectivity index (χ1v) is 7.88. The average Bonchev–Trinajstić information content (AvgIpc) is 2.58. The number of esters is 1. The Hall–Kier alpha value is -2.40. The molecule has 8 heteroatoms. The second kappa shape index (κ2) is 8.12. The van der Waals surface area contributed by atoms with E-state index >= 15 is 0 Å². The van der Waals surface area contributed by atoms with Crippen molar-refractivity contribution in [3.8, 4) is 6.07 Å². The fourth-order valence-corrected chi connectivity index (χ4v) is 2.92. The van der Waals surface area contributed by atoms with Crippen LogP contribution in [-0.2, 0) is 9.53 Å². The second-order valence-corrected chi connectivity index (χ2v) is 6.04. The number of methoxy groups -OCH3 is 1. The lowest BCUT2D eigenvalue weighted by Gasteiger charge is -2.23. The van der Waals surface area contributed by atoms with Crippen molar-refractivity contribution >= 4 is 21.9 Å². The highest BCUT2D eigenvalue weighted by atomic mass is 79.9. The number of hydrogen-bond acceptors (Lipinski definition) is 4. The monoisotopic (exact) mass is 412 g/mol. The zero-order valence-corrected chi connectivity index (χ0v) is 14.6. The molecule has 1 aromatic carbocycles. The van der Waals surface area contributed by atoms with Gasteiger partial charge in [-0.15, -0.1) is 0 Å². The average molecular weight is 413 g/mol. The normalized spacial score (nSPS) is 13.0. The maximum absolute atomic E-state index is 14.2. The van der Waals surface area contributed by atoms with Gasteiger partial charge in [-0.2, -0.15) is 5.26 Å². The van der Waals surface area contributed by atoms with Crippen LogP contribution in [0.5, 0.6) is 0 Å². The molecular formula is C17H12BrF3N2O2. The number of carbonyl (C=O) groups is 1. The van der Waals surface area contributed by atoms with Gasteiger partial charge in [0.05, 0.1) is 42.4 Å². The van der Waals surface area contributed by atoms with E-state index in [1.165, 1.54) is 12.1 Å². The van der Waals surface area contributed by atoms with E-state index in [9.17, 15) is 23.2 Å². The lowest BCUT2D eigenvalue weighted by molar-refractivity contribution is -0.141. The maximum Gasteiger partial charge on any atom is 0.306 e. The number of nitriles is 1. The van der Waals surface area contributed by atoms with Crippen molar-refractivity contribution < 1.29 is 22.7 Å². The summed E-state index contributed by atoms with van der Waals surface area (Å²) in [7, 11) is 1.13. The van der Waals surface area contributed by atoms with Crippen LogP contribution in [0.15, 0.2) is 35.1 Å².